The summed E-state index contributed by atoms with van der Waals surface area (Å²) in [7, 11) is 0. The van der Waals surface area contributed by atoms with E-state index in [0.717, 1.165) is 49.9 Å². The molecule has 3 aliphatic carbocycles. The highest BCUT2D eigenvalue weighted by Gasteiger charge is 2.20. The maximum Gasteiger partial charge on any atom is 0.0632 e. The number of rotatable bonds is 2. The molecule has 34 heavy (non-hydrogen) atoms. The topological polar surface area (TPSA) is 24.7 Å². The van der Waals surface area contributed by atoms with Crippen LogP contribution in [0.1, 0.15) is 47.9 Å². The van der Waals surface area contributed by atoms with Gasteiger partial charge in [0.25, 0.3) is 0 Å². The van der Waals surface area contributed by atoms with Gasteiger partial charge >= 0.3 is 0 Å². The van der Waals surface area contributed by atoms with E-state index in [2.05, 4.69) is 84.9 Å². The van der Waals surface area contributed by atoms with Crippen LogP contribution in [0.3, 0.4) is 0 Å². The number of benzene rings is 4. The van der Waals surface area contributed by atoms with Gasteiger partial charge in [-0.15, -0.1) is 0 Å². The molecule has 4 aromatic carbocycles. The van der Waals surface area contributed by atoms with Crippen molar-refractivity contribution in [2.45, 2.75) is 38.5 Å². The lowest BCUT2D eigenvalue weighted by atomic mass is 9.96. The quantitative estimate of drug-likeness (QED) is 0.260. The highest BCUT2D eigenvalue weighted by molar-refractivity contribution is 6.00. The Morgan fingerprint density at radius 1 is 0.412 bits per heavy atom. The number of aliphatic imine (C=N–C) groups is 2. The van der Waals surface area contributed by atoms with Gasteiger partial charge in [-0.05, 0) is 107 Å². The van der Waals surface area contributed by atoms with Gasteiger partial charge < -0.3 is 0 Å². The minimum absolute atomic E-state index is 1.01. The summed E-state index contributed by atoms with van der Waals surface area (Å²) < 4.78 is 0. The van der Waals surface area contributed by atoms with Crippen molar-refractivity contribution in [3.05, 3.63) is 107 Å². The average molecular weight is 439 g/mol. The van der Waals surface area contributed by atoms with Crippen LogP contribution in [0.15, 0.2) is 94.9 Å². The van der Waals surface area contributed by atoms with Crippen LogP contribution in [-0.4, -0.2) is 11.4 Å². The first-order valence-corrected chi connectivity index (χ1v) is 12.4. The normalized spacial score (nSPS) is 15.4. The zero-order valence-electron chi connectivity index (χ0n) is 19.2. The number of hydrogen-bond donors (Lipinski definition) is 0. The van der Waals surface area contributed by atoms with E-state index in [1.807, 2.05) is 0 Å². The summed E-state index contributed by atoms with van der Waals surface area (Å²) in [6.45, 7) is 0. The molecule has 1 fully saturated rings. The summed E-state index contributed by atoms with van der Waals surface area (Å²) in [6, 6.07) is 30.9. The fraction of sp³-hybridized carbons (Fsp3) is 0.188. The van der Waals surface area contributed by atoms with Gasteiger partial charge in [0.2, 0.25) is 0 Å². The monoisotopic (exact) mass is 438 g/mol. The zero-order chi connectivity index (χ0) is 22.5. The average Bonchev–Trinajstić information content (AvgIpc) is 3.42. The van der Waals surface area contributed by atoms with Gasteiger partial charge in [-0.25, -0.2) is 0 Å². The molecule has 0 aliphatic heterocycles. The Morgan fingerprint density at radius 3 is 1.29 bits per heavy atom. The molecule has 0 N–H and O–H groups in total. The molecule has 4 aromatic rings. The van der Waals surface area contributed by atoms with Gasteiger partial charge in [-0.3, -0.25) is 9.98 Å². The molecule has 0 bridgehead atoms. The number of nitrogens with zero attached hydrogens (tertiary/aromatic N) is 2. The minimum atomic E-state index is 1.01. The van der Waals surface area contributed by atoms with E-state index in [9.17, 15) is 0 Å². The predicted octanol–water partition coefficient (Wildman–Crippen LogP) is 8.25. The lowest BCUT2D eigenvalue weighted by Crippen LogP contribution is -2.13. The van der Waals surface area contributed by atoms with Gasteiger partial charge in [0.15, 0.2) is 0 Å². The van der Waals surface area contributed by atoms with Crippen molar-refractivity contribution in [1.82, 2.24) is 0 Å². The molecule has 3 aliphatic rings. The van der Waals surface area contributed by atoms with Crippen LogP contribution in [0.2, 0.25) is 0 Å². The largest absolute Gasteiger partial charge is 0.258 e. The number of fused-ring (bicyclic) bond motifs is 6. The summed E-state index contributed by atoms with van der Waals surface area (Å²) >= 11 is 0. The van der Waals surface area contributed by atoms with Crippen LogP contribution in [0.25, 0.3) is 22.3 Å². The Kier molecular flexibility index (Phi) is 4.58. The van der Waals surface area contributed by atoms with Crippen molar-refractivity contribution >= 4 is 22.8 Å². The molecule has 0 amide bonds. The van der Waals surface area contributed by atoms with Crippen molar-refractivity contribution in [3.63, 3.8) is 0 Å². The standard InChI is InChI=1S/C32H26N2/c1-3-7-29-21(5-1)17-23-19-27(13-15-31(23)29)33-25-9-11-26(12-10-25)34-28-14-16-32-24(20-28)18-22-6-2-4-8-30(22)32/h1-8,13-16,19-20H,9-12,17-18H2. The van der Waals surface area contributed by atoms with Crippen molar-refractivity contribution in [3.8, 4) is 22.3 Å². The van der Waals surface area contributed by atoms with Crippen LogP contribution in [0.4, 0.5) is 11.4 Å². The van der Waals surface area contributed by atoms with E-state index < -0.39 is 0 Å². The molecular weight excluding hydrogens is 412 g/mol. The molecule has 0 saturated heterocycles. The first-order valence-electron chi connectivity index (χ1n) is 12.4. The molecule has 0 atom stereocenters. The Bertz CT molecular complexity index is 1380. The molecule has 2 nitrogen and oxygen atoms in total. The highest BCUT2D eigenvalue weighted by Crippen LogP contribution is 2.39. The third-order valence-electron chi connectivity index (χ3n) is 7.53. The van der Waals surface area contributed by atoms with Gasteiger partial charge in [-0.2, -0.15) is 0 Å². The molecule has 0 heterocycles. The van der Waals surface area contributed by atoms with Crippen molar-refractivity contribution < 1.29 is 0 Å². The predicted molar refractivity (Wildman–Crippen MR) is 142 cm³/mol. The summed E-state index contributed by atoms with van der Waals surface area (Å²) in [5.74, 6) is 0. The van der Waals surface area contributed by atoms with Gasteiger partial charge in [-0.1, -0.05) is 60.7 Å². The fourth-order valence-electron chi connectivity index (χ4n) is 5.82. The maximum atomic E-state index is 5.03. The lowest BCUT2D eigenvalue weighted by molar-refractivity contribution is 0.947. The SMILES string of the molecule is c1ccc2c(c1)Cc1cc(N=C3CCC(=Nc4ccc5c(c4)Cc4ccccc4-5)CC3)ccc1-2. The molecular formula is C32H26N2. The van der Waals surface area contributed by atoms with Gasteiger partial charge in [0.1, 0.15) is 0 Å². The molecule has 1 saturated carbocycles. The summed E-state index contributed by atoms with van der Waals surface area (Å²) in [5, 5.41) is 0. The van der Waals surface area contributed by atoms with Crippen molar-refractivity contribution in [1.29, 1.82) is 0 Å². The minimum Gasteiger partial charge on any atom is -0.258 e. The first kappa shape index (κ1) is 19.7. The van der Waals surface area contributed by atoms with Crippen molar-refractivity contribution in [2.75, 3.05) is 0 Å². The Morgan fingerprint density at radius 2 is 0.824 bits per heavy atom. The summed E-state index contributed by atoms with van der Waals surface area (Å²) in [4.78, 5) is 10.1. The zero-order valence-corrected chi connectivity index (χ0v) is 19.2. The van der Waals surface area contributed by atoms with E-state index in [-0.39, 0.29) is 0 Å². The van der Waals surface area contributed by atoms with E-state index in [1.54, 1.807) is 0 Å². The second kappa shape index (κ2) is 7.92. The Balaban J connectivity index is 1.05. The fourth-order valence-corrected chi connectivity index (χ4v) is 5.82. The van der Waals surface area contributed by atoms with E-state index in [4.69, 9.17) is 9.98 Å². The first-order chi connectivity index (χ1) is 16.8. The Labute approximate surface area is 200 Å². The molecule has 0 aromatic heterocycles. The van der Waals surface area contributed by atoms with Crippen LogP contribution in [0.5, 0.6) is 0 Å². The van der Waals surface area contributed by atoms with E-state index in [0.29, 0.717) is 0 Å². The number of hydrogen-bond acceptors (Lipinski definition) is 2. The van der Waals surface area contributed by atoms with E-state index in [1.165, 1.54) is 55.9 Å². The highest BCUT2D eigenvalue weighted by atomic mass is 14.8. The molecule has 164 valence electrons. The summed E-state index contributed by atoms with van der Waals surface area (Å²) in [6.07, 6.45) is 6.07. The molecule has 0 unspecified atom stereocenters. The van der Waals surface area contributed by atoms with Gasteiger partial charge in [0.05, 0.1) is 11.4 Å². The molecule has 7 rings (SSSR count). The summed E-state index contributed by atoms with van der Waals surface area (Å²) in [5.41, 5.74) is 16.0. The van der Waals surface area contributed by atoms with Crippen LogP contribution >= 0.6 is 0 Å². The Hall–Kier alpha value is -3.78. The second-order valence-electron chi connectivity index (χ2n) is 9.71. The third-order valence-corrected chi connectivity index (χ3v) is 7.53. The molecule has 0 radical (unpaired) electrons. The second-order valence-corrected chi connectivity index (χ2v) is 9.71. The maximum absolute atomic E-state index is 5.03. The van der Waals surface area contributed by atoms with Crippen LogP contribution < -0.4 is 0 Å². The third kappa shape index (κ3) is 3.42. The molecule has 2 heteroatoms. The molecule has 0 spiro atoms. The van der Waals surface area contributed by atoms with Crippen molar-refractivity contribution in [2.24, 2.45) is 9.98 Å². The lowest BCUT2D eigenvalue weighted by Gasteiger charge is -2.16. The van der Waals surface area contributed by atoms with E-state index >= 15 is 0 Å². The van der Waals surface area contributed by atoms with Crippen LogP contribution in [0, 0.1) is 0 Å². The van der Waals surface area contributed by atoms with Crippen LogP contribution in [-0.2, 0) is 12.8 Å². The smallest absolute Gasteiger partial charge is 0.0632 e. The van der Waals surface area contributed by atoms with Gasteiger partial charge in [0, 0.05) is 11.4 Å².